The van der Waals surface area contributed by atoms with Crippen LogP contribution in [0.15, 0.2) is 0 Å². The molecule has 0 unspecified atom stereocenters. The SMILES string of the molecule is CCNc1nc(C(C)C)nc(OC)c1N. The highest BCUT2D eigenvalue weighted by atomic mass is 16.5. The third-order valence-electron chi connectivity index (χ3n) is 1.98. The molecular weight excluding hydrogens is 192 g/mol. The van der Waals surface area contributed by atoms with Crippen LogP contribution in [0, 0.1) is 0 Å². The zero-order valence-electron chi connectivity index (χ0n) is 9.66. The summed E-state index contributed by atoms with van der Waals surface area (Å²) in [6.45, 7) is 6.81. The van der Waals surface area contributed by atoms with Gasteiger partial charge in [-0.2, -0.15) is 4.98 Å². The number of nitrogens with zero attached hydrogens (tertiary/aromatic N) is 2. The van der Waals surface area contributed by atoms with Gasteiger partial charge >= 0.3 is 0 Å². The van der Waals surface area contributed by atoms with E-state index in [1.165, 1.54) is 0 Å². The van der Waals surface area contributed by atoms with Crippen molar-refractivity contribution in [2.24, 2.45) is 0 Å². The first kappa shape index (κ1) is 11.6. The summed E-state index contributed by atoms with van der Waals surface area (Å²) in [5.41, 5.74) is 6.30. The van der Waals surface area contributed by atoms with Crippen LogP contribution in [0.25, 0.3) is 0 Å². The number of anilines is 2. The van der Waals surface area contributed by atoms with E-state index >= 15 is 0 Å². The standard InChI is InChI=1S/C10H18N4O/c1-5-12-9-7(11)10(15-4)14-8(13-9)6(2)3/h6H,5,11H2,1-4H3,(H,12,13,14). The van der Waals surface area contributed by atoms with Gasteiger partial charge < -0.3 is 15.8 Å². The van der Waals surface area contributed by atoms with Gasteiger partial charge in [0.2, 0.25) is 5.88 Å². The van der Waals surface area contributed by atoms with Crippen molar-refractivity contribution in [2.75, 3.05) is 24.7 Å². The molecule has 84 valence electrons. The van der Waals surface area contributed by atoms with Gasteiger partial charge in [0.1, 0.15) is 11.5 Å². The van der Waals surface area contributed by atoms with Crippen LogP contribution in [-0.2, 0) is 0 Å². The van der Waals surface area contributed by atoms with Gasteiger partial charge in [0.15, 0.2) is 5.82 Å². The molecule has 0 aliphatic heterocycles. The minimum atomic E-state index is 0.247. The van der Waals surface area contributed by atoms with Gasteiger partial charge in [-0.3, -0.25) is 0 Å². The number of rotatable bonds is 4. The minimum absolute atomic E-state index is 0.247. The van der Waals surface area contributed by atoms with Gasteiger partial charge in [0.25, 0.3) is 0 Å². The van der Waals surface area contributed by atoms with Gasteiger partial charge in [-0.1, -0.05) is 13.8 Å². The first-order valence-electron chi connectivity index (χ1n) is 5.05. The summed E-state index contributed by atoms with van der Waals surface area (Å²) in [5.74, 6) is 2.06. The summed E-state index contributed by atoms with van der Waals surface area (Å²) < 4.78 is 5.11. The van der Waals surface area contributed by atoms with E-state index in [1.807, 2.05) is 20.8 Å². The molecule has 0 fully saturated rings. The number of nitrogens with one attached hydrogen (secondary N) is 1. The van der Waals surface area contributed by atoms with Crippen LogP contribution in [0.1, 0.15) is 32.5 Å². The fourth-order valence-corrected chi connectivity index (χ4v) is 1.18. The van der Waals surface area contributed by atoms with Crippen molar-refractivity contribution in [2.45, 2.75) is 26.7 Å². The Morgan fingerprint density at radius 3 is 2.53 bits per heavy atom. The van der Waals surface area contributed by atoms with Crippen LogP contribution in [0.4, 0.5) is 11.5 Å². The Hall–Kier alpha value is -1.52. The highest BCUT2D eigenvalue weighted by molar-refractivity contribution is 5.66. The summed E-state index contributed by atoms with van der Waals surface area (Å²) in [5, 5.41) is 3.09. The molecule has 0 amide bonds. The average Bonchev–Trinajstić information content (AvgIpc) is 2.21. The highest BCUT2D eigenvalue weighted by Crippen LogP contribution is 2.27. The van der Waals surface area contributed by atoms with E-state index in [0.717, 1.165) is 12.4 Å². The smallest absolute Gasteiger partial charge is 0.242 e. The van der Waals surface area contributed by atoms with E-state index < -0.39 is 0 Å². The molecule has 0 atom stereocenters. The topological polar surface area (TPSA) is 73.1 Å². The van der Waals surface area contributed by atoms with Gasteiger partial charge in [-0.05, 0) is 6.92 Å². The molecule has 0 aliphatic carbocycles. The Bertz CT molecular complexity index is 338. The lowest BCUT2D eigenvalue weighted by Crippen LogP contribution is -2.10. The molecule has 5 nitrogen and oxygen atoms in total. The van der Waals surface area contributed by atoms with Gasteiger partial charge in [0.05, 0.1) is 7.11 Å². The largest absolute Gasteiger partial charge is 0.479 e. The Balaban J connectivity index is 3.19. The van der Waals surface area contributed by atoms with E-state index in [-0.39, 0.29) is 5.92 Å². The van der Waals surface area contributed by atoms with Crippen LogP contribution in [0.2, 0.25) is 0 Å². The third-order valence-corrected chi connectivity index (χ3v) is 1.98. The van der Waals surface area contributed by atoms with Gasteiger partial charge in [-0.25, -0.2) is 4.98 Å². The first-order chi connectivity index (χ1) is 7.10. The van der Waals surface area contributed by atoms with Crippen molar-refractivity contribution in [3.8, 4) is 5.88 Å². The Kier molecular flexibility index (Phi) is 3.71. The molecule has 1 heterocycles. The van der Waals surface area contributed by atoms with Gasteiger partial charge in [-0.15, -0.1) is 0 Å². The van der Waals surface area contributed by atoms with Crippen LogP contribution < -0.4 is 15.8 Å². The number of nitrogens with two attached hydrogens (primary N) is 1. The lowest BCUT2D eigenvalue weighted by Gasteiger charge is -2.13. The van der Waals surface area contributed by atoms with Crippen molar-refractivity contribution in [3.63, 3.8) is 0 Å². The second-order valence-electron chi connectivity index (χ2n) is 3.54. The first-order valence-corrected chi connectivity index (χ1v) is 5.05. The fraction of sp³-hybridized carbons (Fsp3) is 0.600. The van der Waals surface area contributed by atoms with Crippen molar-refractivity contribution in [1.82, 2.24) is 9.97 Å². The zero-order valence-corrected chi connectivity index (χ0v) is 9.66. The molecule has 1 aromatic rings. The van der Waals surface area contributed by atoms with Crippen LogP contribution >= 0.6 is 0 Å². The number of methoxy groups -OCH3 is 1. The maximum atomic E-state index is 5.84. The maximum absolute atomic E-state index is 5.84. The normalized spacial score (nSPS) is 10.5. The predicted molar refractivity (Wildman–Crippen MR) is 61.2 cm³/mol. The summed E-state index contributed by atoms with van der Waals surface area (Å²) in [6.07, 6.45) is 0. The molecule has 1 rings (SSSR count). The van der Waals surface area contributed by atoms with Crippen LogP contribution in [0.5, 0.6) is 5.88 Å². The van der Waals surface area contributed by atoms with E-state index in [0.29, 0.717) is 17.4 Å². The second-order valence-corrected chi connectivity index (χ2v) is 3.54. The van der Waals surface area contributed by atoms with Crippen molar-refractivity contribution in [3.05, 3.63) is 5.82 Å². The second kappa shape index (κ2) is 4.82. The molecule has 3 N–H and O–H groups in total. The summed E-state index contributed by atoms with van der Waals surface area (Å²) >= 11 is 0. The predicted octanol–water partition coefficient (Wildman–Crippen LogP) is 1.62. The zero-order chi connectivity index (χ0) is 11.4. The molecule has 0 spiro atoms. The summed E-state index contributed by atoms with van der Waals surface area (Å²) in [6, 6.07) is 0. The Labute approximate surface area is 90.1 Å². The number of aromatic nitrogens is 2. The molecule has 5 heteroatoms. The van der Waals surface area contributed by atoms with E-state index in [2.05, 4.69) is 15.3 Å². The number of nitrogen functional groups attached to an aromatic ring is 1. The molecular formula is C10H18N4O. The van der Waals surface area contributed by atoms with Gasteiger partial charge in [0, 0.05) is 12.5 Å². The van der Waals surface area contributed by atoms with Crippen LogP contribution in [0.3, 0.4) is 0 Å². The molecule has 0 aliphatic rings. The van der Waals surface area contributed by atoms with E-state index in [1.54, 1.807) is 7.11 Å². The molecule has 15 heavy (non-hydrogen) atoms. The quantitative estimate of drug-likeness (QED) is 0.790. The van der Waals surface area contributed by atoms with Crippen LogP contribution in [-0.4, -0.2) is 23.6 Å². The minimum Gasteiger partial charge on any atom is -0.479 e. The van der Waals surface area contributed by atoms with E-state index in [4.69, 9.17) is 10.5 Å². The highest BCUT2D eigenvalue weighted by Gasteiger charge is 2.13. The lowest BCUT2D eigenvalue weighted by molar-refractivity contribution is 0.396. The Morgan fingerprint density at radius 2 is 2.07 bits per heavy atom. The van der Waals surface area contributed by atoms with Crippen molar-refractivity contribution < 1.29 is 4.74 Å². The monoisotopic (exact) mass is 210 g/mol. The number of hydrogen-bond donors (Lipinski definition) is 2. The fourth-order valence-electron chi connectivity index (χ4n) is 1.18. The molecule has 0 saturated carbocycles. The Morgan fingerprint density at radius 1 is 1.40 bits per heavy atom. The third kappa shape index (κ3) is 2.49. The molecule has 1 aromatic heterocycles. The molecule has 0 bridgehead atoms. The van der Waals surface area contributed by atoms with Crippen molar-refractivity contribution in [1.29, 1.82) is 0 Å². The summed E-state index contributed by atoms with van der Waals surface area (Å²) in [7, 11) is 1.55. The van der Waals surface area contributed by atoms with Crippen molar-refractivity contribution >= 4 is 11.5 Å². The molecule has 0 saturated heterocycles. The number of ether oxygens (including phenoxy) is 1. The average molecular weight is 210 g/mol. The summed E-state index contributed by atoms with van der Waals surface area (Å²) in [4.78, 5) is 8.58. The maximum Gasteiger partial charge on any atom is 0.242 e. The van der Waals surface area contributed by atoms with E-state index in [9.17, 15) is 0 Å². The molecule has 0 radical (unpaired) electrons. The molecule has 0 aromatic carbocycles. The lowest BCUT2D eigenvalue weighted by atomic mass is 10.2. The number of hydrogen-bond acceptors (Lipinski definition) is 5.